The first-order valence-corrected chi connectivity index (χ1v) is 8.70. The minimum absolute atomic E-state index is 0.0650. The van der Waals surface area contributed by atoms with E-state index in [2.05, 4.69) is 15.3 Å². The third-order valence-electron chi connectivity index (χ3n) is 3.21. The number of carbonyl (C=O) groups excluding carboxylic acids is 1. The van der Waals surface area contributed by atoms with Gasteiger partial charge in [-0.3, -0.25) is 15.1 Å². The third-order valence-corrected chi connectivity index (χ3v) is 5.16. The molecule has 3 aromatic heterocycles. The Balaban J connectivity index is 1.87. The number of hydrogen-bond acceptors (Lipinski definition) is 8. The number of nitrogens with one attached hydrogen (secondary N) is 1. The topological polar surface area (TPSA) is 125 Å². The van der Waals surface area contributed by atoms with E-state index in [0.717, 1.165) is 22.7 Å². The quantitative estimate of drug-likeness (QED) is 0.690. The van der Waals surface area contributed by atoms with Gasteiger partial charge in [0.1, 0.15) is 27.3 Å². The summed E-state index contributed by atoms with van der Waals surface area (Å²) in [6.45, 7) is 0. The van der Waals surface area contributed by atoms with Crippen molar-refractivity contribution in [2.45, 2.75) is 0 Å². The second-order valence-corrected chi connectivity index (χ2v) is 6.93. The molecule has 0 unspecified atom stereocenters. The van der Waals surface area contributed by atoms with Crippen molar-refractivity contribution >= 4 is 39.7 Å². The van der Waals surface area contributed by atoms with Crippen LogP contribution in [0.15, 0.2) is 30.6 Å². The monoisotopic (exact) mass is 386 g/mol. The summed E-state index contributed by atoms with van der Waals surface area (Å²) in [5.41, 5.74) is 0.971. The molecule has 26 heavy (non-hydrogen) atoms. The predicted molar refractivity (Wildman–Crippen MR) is 95.8 cm³/mol. The summed E-state index contributed by atoms with van der Waals surface area (Å²) >= 11 is 1.88. The highest BCUT2D eigenvalue weighted by Gasteiger charge is 2.18. The summed E-state index contributed by atoms with van der Waals surface area (Å²) in [5, 5.41) is 21.1. The molecule has 3 rings (SSSR count). The molecule has 1 amide bonds. The van der Waals surface area contributed by atoms with Crippen LogP contribution >= 0.6 is 22.7 Å². The zero-order chi connectivity index (χ0) is 18.7. The van der Waals surface area contributed by atoms with Gasteiger partial charge in [-0.1, -0.05) is 11.3 Å². The van der Waals surface area contributed by atoms with Crippen molar-refractivity contribution in [2.24, 2.45) is 0 Å². The molecule has 0 aliphatic carbocycles. The summed E-state index contributed by atoms with van der Waals surface area (Å²) in [7, 11) is 1.51. The molecule has 3 aromatic rings. The summed E-state index contributed by atoms with van der Waals surface area (Å²) in [6, 6.07) is 6.52. The molecule has 0 aromatic carbocycles. The summed E-state index contributed by atoms with van der Waals surface area (Å²) in [4.78, 5) is 32.1. The third kappa shape index (κ3) is 3.53. The second-order valence-electron chi connectivity index (χ2n) is 4.85. The molecule has 0 bridgehead atoms. The van der Waals surface area contributed by atoms with E-state index in [4.69, 9.17) is 9.84 Å². The fourth-order valence-electron chi connectivity index (χ4n) is 2.04. The second kappa shape index (κ2) is 7.30. The normalized spacial score (nSPS) is 10.2. The maximum Gasteiger partial charge on any atom is 0.345 e. The highest BCUT2D eigenvalue weighted by molar-refractivity contribution is 7.17. The molecule has 2 N–H and O–H groups in total. The van der Waals surface area contributed by atoms with E-state index >= 15 is 0 Å². The van der Waals surface area contributed by atoms with Gasteiger partial charge >= 0.3 is 5.97 Å². The van der Waals surface area contributed by atoms with Gasteiger partial charge in [0.15, 0.2) is 5.13 Å². The van der Waals surface area contributed by atoms with Gasteiger partial charge in [0.05, 0.1) is 18.2 Å². The van der Waals surface area contributed by atoms with Crippen LogP contribution < -0.4 is 10.1 Å². The summed E-state index contributed by atoms with van der Waals surface area (Å²) in [6.07, 6.45) is 3.07. The van der Waals surface area contributed by atoms with Gasteiger partial charge < -0.3 is 9.84 Å². The number of carboxylic acid groups (broad SMARTS) is 1. The highest BCUT2D eigenvalue weighted by atomic mass is 32.1. The first-order valence-electron chi connectivity index (χ1n) is 7.06. The van der Waals surface area contributed by atoms with Gasteiger partial charge in [0, 0.05) is 11.8 Å². The predicted octanol–water partition coefficient (Wildman–Crippen LogP) is 3.10. The van der Waals surface area contributed by atoms with E-state index < -0.39 is 11.9 Å². The molecule has 0 saturated carbocycles. The largest absolute Gasteiger partial charge is 0.495 e. The van der Waals surface area contributed by atoms with Crippen LogP contribution in [0.1, 0.15) is 24.2 Å². The Hall–Kier alpha value is -3.29. The molecule has 0 radical (unpaired) electrons. The minimum atomic E-state index is -1.09. The number of ether oxygens (including phenoxy) is 1. The van der Waals surface area contributed by atoms with E-state index in [9.17, 15) is 14.9 Å². The smallest absolute Gasteiger partial charge is 0.345 e. The fraction of sp³-hybridized carbons (Fsp3) is 0.0625. The zero-order valence-electron chi connectivity index (χ0n) is 13.2. The Morgan fingerprint density at radius 1 is 1.27 bits per heavy atom. The van der Waals surface area contributed by atoms with Gasteiger partial charge in [0.2, 0.25) is 0 Å². The Morgan fingerprint density at radius 2 is 2.04 bits per heavy atom. The Labute approximate surface area is 155 Å². The number of hydrogen-bond donors (Lipinski definition) is 2. The number of nitriles is 1. The van der Waals surface area contributed by atoms with Gasteiger partial charge in [0.25, 0.3) is 5.91 Å². The summed E-state index contributed by atoms with van der Waals surface area (Å²) < 4.78 is 5.11. The van der Waals surface area contributed by atoms with Crippen molar-refractivity contribution in [1.82, 2.24) is 9.97 Å². The average Bonchev–Trinajstić information content (AvgIpc) is 3.29. The lowest BCUT2D eigenvalue weighted by Gasteiger charge is -2.01. The van der Waals surface area contributed by atoms with E-state index in [-0.39, 0.29) is 14.9 Å². The molecule has 0 spiro atoms. The summed E-state index contributed by atoms with van der Waals surface area (Å²) in [5.74, 6) is -1.07. The van der Waals surface area contributed by atoms with Crippen molar-refractivity contribution in [1.29, 1.82) is 5.26 Å². The lowest BCUT2D eigenvalue weighted by atomic mass is 10.2. The number of anilines is 1. The first kappa shape index (κ1) is 17.5. The van der Waals surface area contributed by atoms with Crippen molar-refractivity contribution in [3.05, 3.63) is 45.2 Å². The molecular formula is C16H10N4O4S2. The lowest BCUT2D eigenvalue weighted by molar-refractivity contribution is 0.0702. The number of nitrogens with zero attached hydrogens (tertiary/aromatic N) is 3. The molecule has 3 heterocycles. The van der Waals surface area contributed by atoms with Crippen molar-refractivity contribution < 1.29 is 19.4 Å². The molecular weight excluding hydrogens is 376 g/mol. The van der Waals surface area contributed by atoms with Crippen molar-refractivity contribution in [3.63, 3.8) is 0 Å². The number of pyridine rings is 1. The fourth-order valence-corrected chi connectivity index (χ4v) is 3.56. The first-order chi connectivity index (χ1) is 12.5. The molecule has 0 fully saturated rings. The Kier molecular flexibility index (Phi) is 4.92. The molecule has 0 atom stereocenters. The standard InChI is InChI=1S/C16H10N4O4S2/c1-24-9-4-8(6-18-7-9)13-12(5-17)26-16(19-13)20-14(21)10-2-3-11(25-10)15(22)23/h2-4,6-7H,1H3,(H,22,23)(H,19,20,21). The van der Waals surface area contributed by atoms with Crippen LogP contribution in [-0.2, 0) is 0 Å². The number of aromatic carboxylic acids is 1. The van der Waals surface area contributed by atoms with Crippen LogP contribution in [0.4, 0.5) is 5.13 Å². The van der Waals surface area contributed by atoms with Crippen LogP contribution in [-0.4, -0.2) is 34.1 Å². The molecule has 10 heteroatoms. The van der Waals surface area contributed by atoms with E-state index in [1.807, 2.05) is 6.07 Å². The molecule has 0 aliphatic heterocycles. The van der Waals surface area contributed by atoms with E-state index in [0.29, 0.717) is 21.9 Å². The molecule has 0 saturated heterocycles. The average molecular weight is 386 g/mol. The Bertz CT molecular complexity index is 1040. The molecule has 130 valence electrons. The number of aromatic nitrogens is 2. The number of thiazole rings is 1. The molecule has 8 nitrogen and oxygen atoms in total. The van der Waals surface area contributed by atoms with Crippen LogP contribution in [0.5, 0.6) is 5.75 Å². The van der Waals surface area contributed by atoms with E-state index in [1.165, 1.54) is 25.4 Å². The van der Waals surface area contributed by atoms with Crippen LogP contribution in [0, 0.1) is 11.3 Å². The Morgan fingerprint density at radius 3 is 2.69 bits per heavy atom. The number of thiophene rings is 1. The highest BCUT2D eigenvalue weighted by Crippen LogP contribution is 2.32. The van der Waals surface area contributed by atoms with Crippen LogP contribution in [0.2, 0.25) is 0 Å². The number of carbonyl (C=O) groups is 2. The minimum Gasteiger partial charge on any atom is -0.495 e. The van der Waals surface area contributed by atoms with Gasteiger partial charge in [-0.05, 0) is 18.2 Å². The number of methoxy groups -OCH3 is 1. The SMILES string of the molecule is COc1cncc(-c2nc(NC(=O)c3ccc(C(=O)O)s3)sc2C#N)c1. The van der Waals surface area contributed by atoms with Gasteiger partial charge in [-0.25, -0.2) is 9.78 Å². The van der Waals surface area contributed by atoms with Gasteiger partial charge in [-0.2, -0.15) is 5.26 Å². The number of carboxylic acids is 1. The molecule has 0 aliphatic rings. The zero-order valence-corrected chi connectivity index (χ0v) is 14.8. The van der Waals surface area contributed by atoms with E-state index in [1.54, 1.807) is 12.3 Å². The van der Waals surface area contributed by atoms with Crippen LogP contribution in [0.3, 0.4) is 0 Å². The number of amides is 1. The maximum atomic E-state index is 12.3. The van der Waals surface area contributed by atoms with Gasteiger partial charge in [-0.15, -0.1) is 11.3 Å². The van der Waals surface area contributed by atoms with Crippen molar-refractivity contribution in [3.8, 4) is 23.1 Å². The number of rotatable bonds is 5. The lowest BCUT2D eigenvalue weighted by Crippen LogP contribution is -2.09. The van der Waals surface area contributed by atoms with Crippen molar-refractivity contribution in [2.75, 3.05) is 12.4 Å². The maximum absolute atomic E-state index is 12.3. The van der Waals surface area contributed by atoms with Crippen LogP contribution in [0.25, 0.3) is 11.3 Å².